The van der Waals surface area contributed by atoms with Gasteiger partial charge in [-0.1, -0.05) is 90.1 Å². The number of rotatable bonds is 16. The average molecular weight is 1050 g/mol. The minimum atomic E-state index is -0.921. The fourth-order valence-corrected chi connectivity index (χ4v) is 10.7. The lowest BCUT2D eigenvalue weighted by molar-refractivity contribution is -0.144. The van der Waals surface area contributed by atoms with Crippen LogP contribution in [0.5, 0.6) is 0 Å². The maximum absolute atomic E-state index is 14.3. The highest BCUT2D eigenvalue weighted by Crippen LogP contribution is 2.35. The Hall–Kier alpha value is -6.37. The molecular weight excluding hydrogens is 976 g/mol. The van der Waals surface area contributed by atoms with Crippen molar-refractivity contribution in [1.29, 1.82) is 0 Å². The van der Waals surface area contributed by atoms with Crippen molar-refractivity contribution in [1.82, 2.24) is 51.4 Å². The van der Waals surface area contributed by atoms with E-state index in [0.717, 1.165) is 22.3 Å². The third-order valence-corrected chi connectivity index (χ3v) is 15.6. The van der Waals surface area contributed by atoms with Gasteiger partial charge in [-0.2, -0.15) is 0 Å². The van der Waals surface area contributed by atoms with E-state index in [1.807, 2.05) is 90.1 Å². The molecule has 75 heavy (non-hydrogen) atoms. The van der Waals surface area contributed by atoms with Crippen molar-refractivity contribution >= 4 is 59.0 Å². The van der Waals surface area contributed by atoms with Crippen LogP contribution in [0.15, 0.2) is 72.8 Å². The summed E-state index contributed by atoms with van der Waals surface area (Å²) in [7, 11) is 3.23. The molecule has 0 spiro atoms. The van der Waals surface area contributed by atoms with Crippen LogP contribution >= 0.6 is 11.8 Å². The van der Waals surface area contributed by atoms with Crippen LogP contribution in [-0.2, 0) is 41.6 Å². The van der Waals surface area contributed by atoms with Crippen LogP contribution in [0.4, 0.5) is 0 Å². The van der Waals surface area contributed by atoms with Gasteiger partial charge in [0.15, 0.2) is 0 Å². The fourth-order valence-electron chi connectivity index (χ4n) is 10.6. The van der Waals surface area contributed by atoms with Crippen molar-refractivity contribution in [3.8, 4) is 0 Å². The molecule has 2 fully saturated rings. The van der Waals surface area contributed by atoms with Gasteiger partial charge < -0.3 is 47.0 Å². The Morgan fingerprint density at radius 2 is 0.973 bits per heavy atom. The van der Waals surface area contributed by atoms with Gasteiger partial charge in [-0.15, -0.1) is 0 Å². The highest BCUT2D eigenvalue weighted by atomic mass is 35.5. The lowest BCUT2D eigenvalue weighted by atomic mass is 9.85. The zero-order valence-corrected chi connectivity index (χ0v) is 45.6. The van der Waals surface area contributed by atoms with E-state index in [2.05, 4.69) is 37.2 Å². The number of nitrogens with zero attached hydrogens (tertiary/aromatic N) is 3. The Morgan fingerprint density at radius 1 is 0.587 bits per heavy atom. The molecule has 0 bridgehead atoms. The Balaban J connectivity index is 1.00. The van der Waals surface area contributed by atoms with Gasteiger partial charge in [0.25, 0.3) is 11.8 Å². The normalized spacial score (nSPS) is 22.8. The predicted molar refractivity (Wildman–Crippen MR) is 285 cm³/mol. The van der Waals surface area contributed by atoms with Crippen molar-refractivity contribution in [3.05, 3.63) is 106 Å². The molecule has 2 saturated heterocycles. The summed E-state index contributed by atoms with van der Waals surface area (Å²) in [5.74, 6) is -2.93. The molecule has 2 aliphatic heterocycles. The van der Waals surface area contributed by atoms with Gasteiger partial charge in [-0.25, -0.2) is 4.42 Å². The number of halogens is 1. The van der Waals surface area contributed by atoms with Crippen LogP contribution in [0.1, 0.15) is 136 Å². The lowest BCUT2D eigenvalue weighted by Gasteiger charge is -2.36. The van der Waals surface area contributed by atoms with Gasteiger partial charge in [-0.3, -0.25) is 38.4 Å². The number of amides is 8. The van der Waals surface area contributed by atoms with Crippen LogP contribution < -0.4 is 37.2 Å². The maximum atomic E-state index is 14.3. The minimum Gasteiger partial charge on any atom is -0.347 e. The second-order valence-electron chi connectivity index (χ2n) is 22.7. The summed E-state index contributed by atoms with van der Waals surface area (Å²) in [4.78, 5) is 114. The summed E-state index contributed by atoms with van der Waals surface area (Å²) in [5, 5.41) is 21.3. The van der Waals surface area contributed by atoms with Crippen molar-refractivity contribution in [3.63, 3.8) is 0 Å². The van der Waals surface area contributed by atoms with Crippen molar-refractivity contribution in [2.75, 3.05) is 27.2 Å². The first-order chi connectivity index (χ1) is 35.4. The smallest absolute Gasteiger partial charge is 0.251 e. The largest absolute Gasteiger partial charge is 0.347 e. The number of likely N-dealkylation sites (N-methyl/N-ethyl adjacent to an activating group) is 2. The standard InChI is InChI=1S/C56H75ClN10O8/c1-31(58-9)47(68)63-45(55(3,4)5)53(74)66-27-15-21-41(66)51(72)61-43-37-19-13-11-17-35(37)29-39(43)59-49(70)33-23-25-34(26-24-33)50(71)60-40-30-36-18-12-14-20-38(36)44(40)62-52(73)42-22-16-28-67(42)54(75)46(56(6,7)8)64-48(69)32(2)65(10)57/h11-14,17-20,23-26,31-32,39-46,58H,15-16,21-22,27-30H2,1-10H3,(H,59,70)(H,60,71)(H,61,72)(H,62,73)(H,63,68)(H,64,69)/t31-,32-,39-,40-,41-,42-,43-,44-,45+,46+/m0/s1. The fraction of sp³-hybridized carbons (Fsp3) is 0.536. The number of fused-ring (bicyclic) bond motifs is 2. The van der Waals surface area contributed by atoms with Gasteiger partial charge in [0.05, 0.1) is 30.2 Å². The number of hydrogen-bond donors (Lipinski definition) is 7. The number of carbonyl (C=O) groups is 8. The summed E-state index contributed by atoms with van der Waals surface area (Å²) < 4.78 is 1.24. The summed E-state index contributed by atoms with van der Waals surface area (Å²) in [5.41, 5.74) is 2.91. The quantitative estimate of drug-likeness (QED) is 0.103. The molecule has 0 saturated carbocycles. The molecule has 7 rings (SSSR count). The van der Waals surface area contributed by atoms with E-state index in [9.17, 15) is 38.4 Å². The van der Waals surface area contributed by atoms with E-state index in [1.54, 1.807) is 62.0 Å². The number of carbonyl (C=O) groups excluding carboxylic acids is 8. The minimum absolute atomic E-state index is 0.295. The number of hydrogen-bond acceptors (Lipinski definition) is 10. The van der Waals surface area contributed by atoms with Crippen molar-refractivity contribution in [2.45, 2.75) is 154 Å². The van der Waals surface area contributed by atoms with E-state index in [-0.39, 0.29) is 29.5 Å². The van der Waals surface area contributed by atoms with E-state index < -0.39 is 89.0 Å². The number of likely N-dealkylation sites (tertiary alicyclic amines) is 2. The zero-order chi connectivity index (χ0) is 54.7. The van der Waals surface area contributed by atoms with Gasteiger partial charge in [0.2, 0.25) is 35.4 Å². The molecule has 18 nitrogen and oxygen atoms in total. The molecule has 0 unspecified atom stereocenters. The van der Waals surface area contributed by atoms with E-state index in [4.69, 9.17) is 11.8 Å². The summed E-state index contributed by atoms with van der Waals surface area (Å²) in [6, 6.07) is 14.7. The summed E-state index contributed by atoms with van der Waals surface area (Å²) in [6.07, 6.45) is 2.97. The van der Waals surface area contributed by atoms with Gasteiger partial charge in [-0.05, 0) is 129 Å². The van der Waals surface area contributed by atoms with Crippen LogP contribution in [0, 0.1) is 10.8 Å². The summed E-state index contributed by atoms with van der Waals surface area (Å²) >= 11 is 6.07. The molecule has 3 aromatic carbocycles. The van der Waals surface area contributed by atoms with Crippen molar-refractivity contribution in [2.24, 2.45) is 10.8 Å². The molecule has 3 aromatic rings. The Morgan fingerprint density at radius 3 is 1.35 bits per heavy atom. The Labute approximate surface area is 445 Å². The topological polar surface area (TPSA) is 230 Å². The molecule has 404 valence electrons. The second kappa shape index (κ2) is 23.3. The Kier molecular flexibility index (Phi) is 17.5. The van der Waals surface area contributed by atoms with Crippen molar-refractivity contribution < 1.29 is 38.4 Å². The predicted octanol–water partition coefficient (Wildman–Crippen LogP) is 3.84. The first kappa shape index (κ1) is 56.4. The van der Waals surface area contributed by atoms with Crippen LogP contribution in [-0.4, -0.2) is 137 Å². The first-order valence-corrected chi connectivity index (χ1v) is 26.5. The highest BCUT2D eigenvalue weighted by Gasteiger charge is 2.46. The molecular formula is C56H75ClN10O8. The van der Waals surface area contributed by atoms with Gasteiger partial charge in [0.1, 0.15) is 30.2 Å². The summed E-state index contributed by atoms with van der Waals surface area (Å²) in [6.45, 7) is 15.2. The molecule has 2 aliphatic carbocycles. The monoisotopic (exact) mass is 1050 g/mol. The molecule has 7 N–H and O–H groups in total. The van der Waals surface area contributed by atoms with Gasteiger partial charge in [0, 0.05) is 31.3 Å². The van der Waals surface area contributed by atoms with Crippen LogP contribution in [0.2, 0.25) is 0 Å². The molecule has 0 radical (unpaired) electrons. The van der Waals surface area contributed by atoms with E-state index in [1.165, 1.54) is 4.42 Å². The number of nitrogens with one attached hydrogen (secondary N) is 7. The van der Waals surface area contributed by atoms with E-state index in [0.29, 0.717) is 62.7 Å². The molecule has 4 aliphatic rings. The van der Waals surface area contributed by atoms with Gasteiger partial charge >= 0.3 is 0 Å². The molecule has 19 heteroatoms. The third-order valence-electron chi connectivity index (χ3n) is 15.3. The molecule has 8 amide bonds. The molecule has 0 aromatic heterocycles. The van der Waals surface area contributed by atoms with Crippen LogP contribution in [0.25, 0.3) is 0 Å². The average Bonchev–Trinajstić information content (AvgIpc) is 4.20. The lowest BCUT2D eigenvalue weighted by Crippen LogP contribution is -2.59. The number of benzene rings is 3. The van der Waals surface area contributed by atoms with E-state index >= 15 is 0 Å². The SMILES string of the molecule is CN[C@@H](C)C(=O)N[C@H](C(=O)N1CCC[C@H]1C(=O)N[C@H]1c2ccccc2C[C@@H]1NC(=O)c1ccc(C(=O)N[C@H]2Cc3ccccc3[C@@H]2NC(=O)[C@@H]2CCCN2C(=O)[C@@H](NC(=O)[C@H](C)N(C)Cl)C(C)(C)C)cc1)C(C)(C)C. The molecule has 10 atom stereocenters. The zero-order valence-electron chi connectivity index (χ0n) is 44.8. The highest BCUT2D eigenvalue weighted by molar-refractivity contribution is 6.14. The Bertz CT molecular complexity index is 2650. The second-order valence-corrected chi connectivity index (χ2v) is 23.3. The third kappa shape index (κ3) is 12.7. The van der Waals surface area contributed by atoms with Crippen LogP contribution in [0.3, 0.4) is 0 Å². The first-order valence-electron chi connectivity index (χ1n) is 26.1. The maximum Gasteiger partial charge on any atom is 0.251 e. The molecule has 2 heterocycles.